The molecule has 1 aromatic heterocycles. The molecule has 1 heterocycles. The summed E-state index contributed by atoms with van der Waals surface area (Å²) in [4.78, 5) is 29.5. The molecule has 7 nitrogen and oxygen atoms in total. The van der Waals surface area contributed by atoms with Crippen LogP contribution >= 0.6 is 0 Å². The number of amides is 3. The quantitative estimate of drug-likeness (QED) is 0.448. The van der Waals surface area contributed by atoms with Gasteiger partial charge in [-0.1, -0.05) is 26.0 Å². The van der Waals surface area contributed by atoms with Gasteiger partial charge in [-0.15, -0.1) is 0 Å². The number of carbonyl (C=O) groups is 2. The molecule has 1 N–H and O–H groups in total. The Morgan fingerprint density at radius 2 is 1.71 bits per heavy atom. The first-order valence-corrected chi connectivity index (χ1v) is 11.1. The van der Waals surface area contributed by atoms with Gasteiger partial charge in [0.2, 0.25) is 5.91 Å². The van der Waals surface area contributed by atoms with Crippen molar-refractivity contribution in [3.8, 4) is 5.75 Å². The number of methoxy groups -OCH3 is 1. The van der Waals surface area contributed by atoms with Crippen LogP contribution < -0.4 is 10.1 Å². The fraction of sp³-hybridized carbons (Fsp3) is 0.308. The lowest BCUT2D eigenvalue weighted by Crippen LogP contribution is -2.45. The van der Waals surface area contributed by atoms with E-state index < -0.39 is 0 Å². The molecule has 3 aromatic rings. The molecule has 2 aromatic carbocycles. The Labute approximate surface area is 199 Å². The van der Waals surface area contributed by atoms with E-state index in [2.05, 4.69) is 5.32 Å². The number of hydrogen-bond acceptors (Lipinski definition) is 4. The van der Waals surface area contributed by atoms with Crippen LogP contribution in [0.5, 0.6) is 5.75 Å². The molecule has 0 radical (unpaired) electrons. The van der Waals surface area contributed by atoms with Gasteiger partial charge < -0.3 is 24.3 Å². The van der Waals surface area contributed by atoms with Crippen LogP contribution in [0, 0.1) is 11.7 Å². The third-order valence-corrected chi connectivity index (χ3v) is 5.11. The Balaban J connectivity index is 1.74. The normalized spacial score (nSPS) is 10.7. The molecule has 0 aliphatic heterocycles. The summed E-state index contributed by atoms with van der Waals surface area (Å²) in [6.45, 7) is 4.75. The zero-order chi connectivity index (χ0) is 24.5. The number of furan rings is 1. The molecular weight excluding hydrogens is 437 g/mol. The standard InChI is InChI=1S/C26H30FN3O4/c1-19(2)15-30(26(32)28-22-10-12-23(33-3)13-11-22)18-25(31)29(17-24-5-4-14-34-24)16-20-6-8-21(27)9-7-20/h4-14,19H,15-18H2,1-3H3,(H,28,32). The molecule has 0 saturated carbocycles. The van der Waals surface area contributed by atoms with Gasteiger partial charge in [0.25, 0.3) is 0 Å². The van der Waals surface area contributed by atoms with Crippen molar-refractivity contribution in [2.75, 3.05) is 25.5 Å². The third kappa shape index (κ3) is 7.37. The van der Waals surface area contributed by atoms with E-state index in [1.165, 1.54) is 17.0 Å². The number of halogens is 1. The lowest BCUT2D eigenvalue weighted by atomic mass is 10.2. The lowest BCUT2D eigenvalue weighted by molar-refractivity contribution is -0.133. The summed E-state index contributed by atoms with van der Waals surface area (Å²) in [6.07, 6.45) is 1.54. The summed E-state index contributed by atoms with van der Waals surface area (Å²) in [5.41, 5.74) is 1.38. The van der Waals surface area contributed by atoms with Gasteiger partial charge >= 0.3 is 6.03 Å². The highest BCUT2D eigenvalue weighted by molar-refractivity contribution is 5.92. The van der Waals surface area contributed by atoms with Gasteiger partial charge in [-0.3, -0.25) is 4.79 Å². The van der Waals surface area contributed by atoms with E-state index in [0.717, 1.165) is 5.56 Å². The van der Waals surface area contributed by atoms with E-state index in [0.29, 0.717) is 23.7 Å². The van der Waals surface area contributed by atoms with Crippen LogP contribution in [-0.4, -0.2) is 41.9 Å². The average molecular weight is 468 g/mol. The number of benzene rings is 2. The van der Waals surface area contributed by atoms with Crippen molar-refractivity contribution >= 4 is 17.6 Å². The van der Waals surface area contributed by atoms with Crippen molar-refractivity contribution in [2.24, 2.45) is 5.92 Å². The SMILES string of the molecule is COc1ccc(NC(=O)N(CC(=O)N(Cc2ccc(F)cc2)Cc2ccco2)CC(C)C)cc1. The Morgan fingerprint density at radius 1 is 1.00 bits per heavy atom. The first-order valence-electron chi connectivity index (χ1n) is 11.1. The van der Waals surface area contributed by atoms with Crippen LogP contribution in [0.3, 0.4) is 0 Å². The number of ether oxygens (including phenoxy) is 1. The van der Waals surface area contributed by atoms with Gasteiger partial charge in [0, 0.05) is 18.8 Å². The van der Waals surface area contributed by atoms with E-state index in [4.69, 9.17) is 9.15 Å². The predicted molar refractivity (Wildman–Crippen MR) is 128 cm³/mol. The molecule has 3 amide bonds. The van der Waals surface area contributed by atoms with Crippen molar-refractivity contribution in [2.45, 2.75) is 26.9 Å². The number of hydrogen-bond donors (Lipinski definition) is 1. The lowest BCUT2D eigenvalue weighted by Gasteiger charge is -2.28. The van der Waals surface area contributed by atoms with E-state index in [9.17, 15) is 14.0 Å². The van der Waals surface area contributed by atoms with Crippen LogP contribution in [0.1, 0.15) is 25.2 Å². The maximum Gasteiger partial charge on any atom is 0.322 e. The number of rotatable bonds is 10. The summed E-state index contributed by atoms with van der Waals surface area (Å²) >= 11 is 0. The van der Waals surface area contributed by atoms with Crippen LogP contribution in [-0.2, 0) is 17.9 Å². The fourth-order valence-corrected chi connectivity index (χ4v) is 3.43. The summed E-state index contributed by atoms with van der Waals surface area (Å²) < 4.78 is 23.9. The summed E-state index contributed by atoms with van der Waals surface area (Å²) in [7, 11) is 1.57. The second-order valence-electron chi connectivity index (χ2n) is 8.39. The maximum atomic E-state index is 13.3. The summed E-state index contributed by atoms with van der Waals surface area (Å²) in [5.74, 6) is 0.873. The van der Waals surface area contributed by atoms with Gasteiger partial charge in [-0.25, -0.2) is 9.18 Å². The van der Waals surface area contributed by atoms with E-state index in [-0.39, 0.29) is 43.3 Å². The van der Waals surface area contributed by atoms with Crippen molar-refractivity contribution in [3.63, 3.8) is 0 Å². The summed E-state index contributed by atoms with van der Waals surface area (Å²) in [6, 6.07) is 16.1. The molecular formula is C26H30FN3O4. The number of carbonyl (C=O) groups excluding carboxylic acids is 2. The second-order valence-corrected chi connectivity index (χ2v) is 8.39. The third-order valence-electron chi connectivity index (χ3n) is 5.11. The number of nitrogens with one attached hydrogen (secondary N) is 1. The molecule has 0 spiro atoms. The molecule has 0 unspecified atom stereocenters. The van der Waals surface area contributed by atoms with Crippen LogP contribution in [0.4, 0.5) is 14.9 Å². The monoisotopic (exact) mass is 467 g/mol. The highest BCUT2D eigenvalue weighted by Gasteiger charge is 2.23. The van der Waals surface area contributed by atoms with Crippen molar-refractivity contribution in [1.29, 1.82) is 0 Å². The van der Waals surface area contributed by atoms with Gasteiger partial charge in [0.05, 0.1) is 19.9 Å². The summed E-state index contributed by atoms with van der Waals surface area (Å²) in [5, 5.41) is 2.84. The number of urea groups is 1. The van der Waals surface area contributed by atoms with Gasteiger partial charge in [-0.05, 0) is 60.0 Å². The number of anilines is 1. The van der Waals surface area contributed by atoms with Gasteiger partial charge in [0.15, 0.2) is 0 Å². The minimum Gasteiger partial charge on any atom is -0.497 e. The molecule has 34 heavy (non-hydrogen) atoms. The topological polar surface area (TPSA) is 75.0 Å². The average Bonchev–Trinajstić information content (AvgIpc) is 3.33. The minimum absolute atomic E-state index is 0.109. The van der Waals surface area contributed by atoms with Crippen molar-refractivity contribution < 1.29 is 23.1 Å². The van der Waals surface area contributed by atoms with Gasteiger partial charge in [0.1, 0.15) is 23.9 Å². The van der Waals surface area contributed by atoms with Gasteiger partial charge in [-0.2, -0.15) is 0 Å². The molecule has 180 valence electrons. The maximum absolute atomic E-state index is 13.3. The molecule has 0 aliphatic carbocycles. The minimum atomic E-state index is -0.369. The molecule has 0 atom stereocenters. The zero-order valence-electron chi connectivity index (χ0n) is 19.7. The zero-order valence-corrected chi connectivity index (χ0v) is 19.7. The van der Waals surface area contributed by atoms with Crippen LogP contribution in [0.2, 0.25) is 0 Å². The Hall–Kier alpha value is -3.81. The second kappa shape index (κ2) is 11.9. The first kappa shape index (κ1) is 24.8. The Kier molecular flexibility index (Phi) is 8.67. The largest absolute Gasteiger partial charge is 0.497 e. The van der Waals surface area contributed by atoms with E-state index in [1.807, 2.05) is 13.8 Å². The smallest absolute Gasteiger partial charge is 0.322 e. The molecule has 8 heteroatoms. The highest BCUT2D eigenvalue weighted by Crippen LogP contribution is 2.17. The number of nitrogens with zero attached hydrogens (tertiary/aromatic N) is 2. The molecule has 3 rings (SSSR count). The Morgan fingerprint density at radius 3 is 2.29 bits per heavy atom. The molecule has 0 bridgehead atoms. The predicted octanol–water partition coefficient (Wildman–Crippen LogP) is 5.15. The van der Waals surface area contributed by atoms with E-state index in [1.54, 1.807) is 66.8 Å². The van der Waals surface area contributed by atoms with Crippen molar-refractivity contribution in [1.82, 2.24) is 9.80 Å². The van der Waals surface area contributed by atoms with Crippen LogP contribution in [0.15, 0.2) is 71.3 Å². The fourth-order valence-electron chi connectivity index (χ4n) is 3.43. The highest BCUT2D eigenvalue weighted by atomic mass is 19.1. The van der Waals surface area contributed by atoms with Crippen molar-refractivity contribution in [3.05, 3.63) is 84.1 Å². The van der Waals surface area contributed by atoms with Crippen LogP contribution in [0.25, 0.3) is 0 Å². The molecule has 0 aliphatic rings. The first-order chi connectivity index (χ1) is 16.3. The molecule has 0 saturated heterocycles. The van der Waals surface area contributed by atoms with E-state index >= 15 is 0 Å². The Bertz CT molecular complexity index is 1050. The molecule has 0 fully saturated rings.